The van der Waals surface area contributed by atoms with Crippen LogP contribution < -0.4 is 14.8 Å². The number of nitrogens with zero attached hydrogens (tertiary/aromatic N) is 1. The summed E-state index contributed by atoms with van der Waals surface area (Å²) in [6.07, 6.45) is 0.824. The van der Waals surface area contributed by atoms with Gasteiger partial charge < -0.3 is 14.8 Å². The lowest BCUT2D eigenvalue weighted by molar-refractivity contribution is 0.171. The monoisotopic (exact) mass is 246 g/mol. The number of nitriles is 1. The molecule has 4 heteroatoms. The minimum absolute atomic E-state index is 0.174. The largest absolute Gasteiger partial charge is 0.486 e. The molecule has 1 atom stereocenters. The first-order valence-electron chi connectivity index (χ1n) is 6.25. The molecule has 0 bridgehead atoms. The van der Waals surface area contributed by atoms with Gasteiger partial charge in [-0.1, -0.05) is 13.8 Å². The van der Waals surface area contributed by atoms with Gasteiger partial charge in [0, 0.05) is 11.8 Å². The molecule has 2 rings (SSSR count). The van der Waals surface area contributed by atoms with E-state index in [2.05, 4.69) is 25.2 Å². The maximum absolute atomic E-state index is 9.11. The highest BCUT2D eigenvalue weighted by Gasteiger charge is 2.14. The summed E-state index contributed by atoms with van der Waals surface area (Å²) in [6, 6.07) is 7.78. The minimum atomic E-state index is -0.174. The maximum Gasteiger partial charge on any atom is 0.163 e. The summed E-state index contributed by atoms with van der Waals surface area (Å²) in [5.74, 6) is 2.00. The Balaban J connectivity index is 2.07. The molecule has 4 nitrogen and oxygen atoms in total. The van der Waals surface area contributed by atoms with Crippen LogP contribution in [0.3, 0.4) is 0 Å². The van der Waals surface area contributed by atoms with E-state index in [0.29, 0.717) is 19.1 Å². The molecule has 1 aliphatic heterocycles. The smallest absolute Gasteiger partial charge is 0.163 e. The maximum atomic E-state index is 9.11. The first kappa shape index (κ1) is 12.6. The fourth-order valence-corrected chi connectivity index (χ4v) is 1.95. The Kier molecular flexibility index (Phi) is 3.93. The van der Waals surface area contributed by atoms with Crippen molar-refractivity contribution in [1.29, 1.82) is 5.26 Å². The average molecular weight is 246 g/mol. The van der Waals surface area contributed by atoms with E-state index in [4.69, 9.17) is 14.7 Å². The molecule has 0 saturated heterocycles. The van der Waals surface area contributed by atoms with Gasteiger partial charge in [0.2, 0.25) is 0 Å². The van der Waals surface area contributed by atoms with Gasteiger partial charge in [-0.25, -0.2) is 0 Å². The molecular formula is C14H18N2O2. The molecule has 0 fully saturated rings. The van der Waals surface area contributed by atoms with E-state index < -0.39 is 0 Å². The van der Waals surface area contributed by atoms with Gasteiger partial charge in [0.25, 0.3) is 0 Å². The summed E-state index contributed by atoms with van der Waals surface area (Å²) in [5, 5.41) is 12.3. The second kappa shape index (κ2) is 5.63. The van der Waals surface area contributed by atoms with Crippen molar-refractivity contribution in [3.05, 3.63) is 18.2 Å². The van der Waals surface area contributed by atoms with Crippen LogP contribution in [0.15, 0.2) is 18.2 Å². The lowest BCUT2D eigenvalue weighted by Crippen LogP contribution is -2.20. The van der Waals surface area contributed by atoms with E-state index >= 15 is 0 Å². The Labute approximate surface area is 108 Å². The van der Waals surface area contributed by atoms with E-state index in [1.165, 1.54) is 0 Å². The Morgan fingerprint density at radius 3 is 2.67 bits per heavy atom. The number of hydrogen-bond acceptors (Lipinski definition) is 4. The van der Waals surface area contributed by atoms with Crippen molar-refractivity contribution in [3.63, 3.8) is 0 Å². The fraction of sp³-hybridized carbons (Fsp3) is 0.500. The van der Waals surface area contributed by atoms with Gasteiger partial charge in [0.15, 0.2) is 11.5 Å². The van der Waals surface area contributed by atoms with Crippen LogP contribution >= 0.6 is 0 Å². The Morgan fingerprint density at radius 2 is 2.00 bits per heavy atom. The normalized spacial score (nSPS) is 15.0. The van der Waals surface area contributed by atoms with E-state index in [1.807, 2.05) is 18.2 Å². The van der Waals surface area contributed by atoms with Crippen LogP contribution in [0.5, 0.6) is 11.5 Å². The number of hydrogen-bond donors (Lipinski definition) is 1. The molecule has 18 heavy (non-hydrogen) atoms. The van der Waals surface area contributed by atoms with Crippen LogP contribution in [0.4, 0.5) is 5.69 Å². The van der Waals surface area contributed by atoms with Crippen molar-refractivity contribution in [1.82, 2.24) is 0 Å². The van der Waals surface area contributed by atoms with Gasteiger partial charge in [-0.3, -0.25) is 0 Å². The summed E-state index contributed by atoms with van der Waals surface area (Å²) in [6.45, 7) is 5.38. The number of rotatable bonds is 4. The second-order valence-corrected chi connectivity index (χ2v) is 4.81. The molecule has 0 radical (unpaired) electrons. The third-order valence-corrected chi connectivity index (χ3v) is 2.75. The molecule has 1 aromatic carbocycles. The third kappa shape index (κ3) is 3.07. The van der Waals surface area contributed by atoms with E-state index in [-0.39, 0.29) is 6.04 Å². The quantitative estimate of drug-likeness (QED) is 0.887. The van der Waals surface area contributed by atoms with Gasteiger partial charge in [-0.15, -0.1) is 0 Å². The zero-order valence-corrected chi connectivity index (χ0v) is 10.8. The van der Waals surface area contributed by atoms with E-state index in [9.17, 15) is 0 Å². The van der Waals surface area contributed by atoms with Crippen LogP contribution in [0.25, 0.3) is 0 Å². The zero-order valence-electron chi connectivity index (χ0n) is 10.8. The minimum Gasteiger partial charge on any atom is -0.486 e. The lowest BCUT2D eigenvalue weighted by atomic mass is 10.0. The van der Waals surface area contributed by atoms with E-state index in [1.54, 1.807) is 0 Å². The molecule has 1 N–H and O–H groups in total. The molecule has 1 aliphatic rings. The van der Waals surface area contributed by atoms with Crippen LogP contribution in [-0.4, -0.2) is 19.3 Å². The fourth-order valence-electron chi connectivity index (χ4n) is 1.95. The SMILES string of the molecule is CC(C)CC(C#N)Nc1ccc2c(c1)OCCO2. The number of nitrogens with one attached hydrogen (secondary N) is 1. The summed E-state index contributed by atoms with van der Waals surface area (Å²) in [7, 11) is 0. The van der Waals surface area contributed by atoms with Crippen molar-refractivity contribution in [3.8, 4) is 17.6 Å². The second-order valence-electron chi connectivity index (χ2n) is 4.81. The number of benzene rings is 1. The van der Waals surface area contributed by atoms with Gasteiger partial charge >= 0.3 is 0 Å². The highest BCUT2D eigenvalue weighted by molar-refractivity contribution is 5.56. The van der Waals surface area contributed by atoms with Crippen molar-refractivity contribution in [2.24, 2.45) is 5.92 Å². The Hall–Kier alpha value is -1.89. The summed E-state index contributed by atoms with van der Waals surface area (Å²) < 4.78 is 11.0. The summed E-state index contributed by atoms with van der Waals surface area (Å²) in [5.41, 5.74) is 0.895. The number of anilines is 1. The predicted octanol–water partition coefficient (Wildman–Crippen LogP) is 2.81. The van der Waals surface area contributed by atoms with Crippen LogP contribution in [0.2, 0.25) is 0 Å². The van der Waals surface area contributed by atoms with Crippen molar-refractivity contribution in [2.75, 3.05) is 18.5 Å². The standard InChI is InChI=1S/C14H18N2O2/c1-10(2)7-12(9-15)16-11-3-4-13-14(8-11)18-6-5-17-13/h3-4,8,10,12,16H,5-7H2,1-2H3. The Bertz CT molecular complexity index is 452. The predicted molar refractivity (Wildman–Crippen MR) is 69.9 cm³/mol. The third-order valence-electron chi connectivity index (χ3n) is 2.75. The highest BCUT2D eigenvalue weighted by Crippen LogP contribution is 2.32. The molecule has 0 saturated carbocycles. The zero-order chi connectivity index (χ0) is 13.0. The van der Waals surface area contributed by atoms with Gasteiger partial charge in [0.1, 0.15) is 19.3 Å². The Morgan fingerprint density at radius 1 is 1.28 bits per heavy atom. The van der Waals surface area contributed by atoms with E-state index in [0.717, 1.165) is 23.6 Å². The van der Waals surface area contributed by atoms with Crippen molar-refractivity contribution >= 4 is 5.69 Å². The molecule has 1 unspecified atom stereocenters. The van der Waals surface area contributed by atoms with Crippen LogP contribution in [0.1, 0.15) is 20.3 Å². The summed E-state index contributed by atoms with van der Waals surface area (Å²) in [4.78, 5) is 0. The molecular weight excluding hydrogens is 228 g/mol. The van der Waals surface area contributed by atoms with Crippen molar-refractivity contribution < 1.29 is 9.47 Å². The number of fused-ring (bicyclic) bond motifs is 1. The van der Waals surface area contributed by atoms with Crippen LogP contribution in [0, 0.1) is 17.2 Å². The lowest BCUT2D eigenvalue weighted by Gasteiger charge is -2.20. The number of ether oxygens (including phenoxy) is 2. The molecule has 1 heterocycles. The molecule has 96 valence electrons. The molecule has 1 aromatic rings. The summed E-state index contributed by atoms with van der Waals surface area (Å²) >= 11 is 0. The molecule has 0 amide bonds. The van der Waals surface area contributed by atoms with Gasteiger partial charge in [0.05, 0.1) is 6.07 Å². The van der Waals surface area contributed by atoms with Crippen LogP contribution in [-0.2, 0) is 0 Å². The molecule has 0 spiro atoms. The highest BCUT2D eigenvalue weighted by atomic mass is 16.6. The molecule has 0 aliphatic carbocycles. The van der Waals surface area contributed by atoms with Gasteiger partial charge in [-0.2, -0.15) is 5.26 Å². The average Bonchev–Trinajstić information content (AvgIpc) is 2.37. The van der Waals surface area contributed by atoms with Crippen molar-refractivity contribution in [2.45, 2.75) is 26.3 Å². The topological polar surface area (TPSA) is 54.3 Å². The first-order chi connectivity index (χ1) is 8.69. The van der Waals surface area contributed by atoms with Gasteiger partial charge in [-0.05, 0) is 24.5 Å². The first-order valence-corrected chi connectivity index (χ1v) is 6.25. The molecule has 0 aromatic heterocycles.